The van der Waals surface area contributed by atoms with Crippen LogP contribution in [-0.2, 0) is 4.79 Å². The topological polar surface area (TPSA) is 84.2 Å². The van der Waals surface area contributed by atoms with Gasteiger partial charge in [0.15, 0.2) is 0 Å². The highest BCUT2D eigenvalue weighted by Gasteiger charge is 2.26. The Bertz CT molecular complexity index is 581. The Morgan fingerprint density at radius 3 is 2.75 bits per heavy atom. The Kier molecular flexibility index (Phi) is 8.53. The maximum absolute atomic E-state index is 12.5. The van der Waals surface area contributed by atoms with Gasteiger partial charge >= 0.3 is 0 Å². The molecule has 4 N–H and O–H groups in total. The summed E-state index contributed by atoms with van der Waals surface area (Å²) in [4.78, 5) is 24.7. The number of nitrogens with two attached hydrogens (primary N) is 1. The lowest BCUT2D eigenvalue weighted by Gasteiger charge is -2.26. The number of halogens is 2. The summed E-state index contributed by atoms with van der Waals surface area (Å²) in [5.41, 5.74) is 6.83. The van der Waals surface area contributed by atoms with E-state index >= 15 is 0 Å². The van der Waals surface area contributed by atoms with Crippen molar-refractivity contribution in [3.8, 4) is 0 Å². The van der Waals surface area contributed by atoms with Crippen molar-refractivity contribution in [1.29, 1.82) is 0 Å². The Morgan fingerprint density at radius 2 is 2.08 bits per heavy atom. The first kappa shape index (κ1) is 20.7. The molecule has 0 bridgehead atoms. The van der Waals surface area contributed by atoms with E-state index in [1.807, 2.05) is 6.92 Å². The van der Waals surface area contributed by atoms with Crippen molar-refractivity contribution >= 4 is 41.5 Å². The van der Waals surface area contributed by atoms with E-state index in [-0.39, 0.29) is 36.2 Å². The third-order valence-corrected chi connectivity index (χ3v) is 4.34. The number of carbonyl (C=O) groups is 2. The maximum atomic E-state index is 12.5. The fraction of sp³-hybridized carbons (Fsp3) is 0.529. The minimum atomic E-state index is -0.209. The van der Waals surface area contributed by atoms with Crippen molar-refractivity contribution in [1.82, 2.24) is 5.32 Å². The van der Waals surface area contributed by atoms with Gasteiger partial charge in [-0.25, -0.2) is 0 Å². The molecule has 5 nitrogen and oxygen atoms in total. The van der Waals surface area contributed by atoms with Crippen LogP contribution in [0, 0.1) is 5.92 Å². The summed E-state index contributed by atoms with van der Waals surface area (Å²) in [5, 5.41) is 6.15. The van der Waals surface area contributed by atoms with Crippen LogP contribution in [0.2, 0.25) is 5.02 Å². The quantitative estimate of drug-likeness (QED) is 0.739. The first-order valence-corrected chi connectivity index (χ1v) is 8.53. The molecule has 7 heteroatoms. The fourth-order valence-electron chi connectivity index (χ4n) is 2.85. The van der Waals surface area contributed by atoms with Gasteiger partial charge in [0, 0.05) is 23.5 Å². The summed E-state index contributed by atoms with van der Waals surface area (Å²) in [6.07, 6.45) is 4.28. The van der Waals surface area contributed by atoms with Crippen LogP contribution >= 0.6 is 24.0 Å². The summed E-state index contributed by atoms with van der Waals surface area (Å²) in [6, 6.07) is 4.97. The lowest BCUT2D eigenvalue weighted by Crippen LogP contribution is -2.34. The van der Waals surface area contributed by atoms with Crippen molar-refractivity contribution in [2.75, 3.05) is 11.9 Å². The molecule has 2 rings (SSSR count). The van der Waals surface area contributed by atoms with Gasteiger partial charge in [-0.2, -0.15) is 0 Å². The van der Waals surface area contributed by atoms with Gasteiger partial charge in [-0.3, -0.25) is 9.59 Å². The number of amides is 2. The van der Waals surface area contributed by atoms with Gasteiger partial charge in [0.25, 0.3) is 5.91 Å². The number of hydrogen-bond donors (Lipinski definition) is 3. The molecule has 134 valence electrons. The lowest BCUT2D eigenvalue weighted by molar-refractivity contribution is -0.120. The van der Waals surface area contributed by atoms with Crippen molar-refractivity contribution < 1.29 is 9.59 Å². The van der Waals surface area contributed by atoms with Crippen molar-refractivity contribution in [2.45, 2.75) is 45.1 Å². The van der Waals surface area contributed by atoms with Gasteiger partial charge in [-0.15, -0.1) is 12.4 Å². The predicted molar refractivity (Wildman–Crippen MR) is 99.9 cm³/mol. The minimum Gasteiger partial charge on any atom is -0.352 e. The zero-order valence-corrected chi connectivity index (χ0v) is 15.4. The monoisotopic (exact) mass is 373 g/mol. The average Bonchev–Trinajstić information content (AvgIpc) is 2.52. The molecule has 0 saturated heterocycles. The smallest absolute Gasteiger partial charge is 0.253 e. The molecule has 1 aromatic carbocycles. The van der Waals surface area contributed by atoms with Crippen molar-refractivity contribution in [3.05, 3.63) is 28.8 Å². The van der Waals surface area contributed by atoms with Crippen molar-refractivity contribution in [2.24, 2.45) is 11.7 Å². The highest BCUT2D eigenvalue weighted by atomic mass is 35.5. The molecule has 0 aromatic heterocycles. The van der Waals surface area contributed by atoms with Gasteiger partial charge in [0.1, 0.15) is 0 Å². The van der Waals surface area contributed by atoms with E-state index in [1.54, 1.807) is 18.2 Å². The van der Waals surface area contributed by atoms with Crippen LogP contribution < -0.4 is 16.4 Å². The molecular weight excluding hydrogens is 349 g/mol. The van der Waals surface area contributed by atoms with Gasteiger partial charge in [0.05, 0.1) is 11.3 Å². The molecule has 0 spiro atoms. The molecule has 24 heavy (non-hydrogen) atoms. The lowest BCUT2D eigenvalue weighted by atomic mass is 9.85. The summed E-state index contributed by atoms with van der Waals surface area (Å²) in [6.45, 7) is 2.57. The van der Waals surface area contributed by atoms with E-state index < -0.39 is 0 Å². The molecular formula is C17H25Cl2N3O2. The molecule has 2 unspecified atom stereocenters. The Labute approximate surface area is 154 Å². The standard InChI is InChI=1S/C17H24ClN3O2.ClH/c1-2-8-20-17(23)14-7-6-12(18)10-15(14)21-16(22)11-4-3-5-13(19)9-11;/h6-7,10-11,13H,2-5,8-9,19H2,1H3,(H,20,23)(H,21,22);1H. The second-order valence-corrected chi connectivity index (χ2v) is 6.50. The average molecular weight is 374 g/mol. The number of nitrogens with one attached hydrogen (secondary N) is 2. The number of carbonyl (C=O) groups excluding carboxylic acids is 2. The van der Waals surface area contributed by atoms with Gasteiger partial charge < -0.3 is 16.4 Å². The summed E-state index contributed by atoms with van der Waals surface area (Å²) in [5.74, 6) is -0.407. The molecule has 2 amide bonds. The van der Waals surface area contributed by atoms with E-state index in [4.69, 9.17) is 17.3 Å². The van der Waals surface area contributed by atoms with E-state index in [2.05, 4.69) is 10.6 Å². The molecule has 2 atom stereocenters. The number of rotatable bonds is 5. The first-order chi connectivity index (χ1) is 11.0. The van der Waals surface area contributed by atoms with E-state index in [0.29, 0.717) is 29.2 Å². The summed E-state index contributed by atoms with van der Waals surface area (Å²) >= 11 is 6.02. The molecule has 0 radical (unpaired) electrons. The highest BCUT2D eigenvalue weighted by Crippen LogP contribution is 2.26. The summed E-state index contributed by atoms with van der Waals surface area (Å²) < 4.78 is 0. The van der Waals surface area contributed by atoms with Gasteiger partial charge in [-0.1, -0.05) is 24.9 Å². The first-order valence-electron chi connectivity index (χ1n) is 8.15. The molecule has 1 saturated carbocycles. The van der Waals surface area contributed by atoms with Crippen LogP contribution in [0.5, 0.6) is 0 Å². The largest absolute Gasteiger partial charge is 0.352 e. The Morgan fingerprint density at radius 1 is 1.33 bits per heavy atom. The third kappa shape index (κ3) is 5.65. The van der Waals surface area contributed by atoms with E-state index in [0.717, 1.165) is 25.7 Å². The molecule has 1 aliphatic carbocycles. The minimum absolute atomic E-state index is 0. The second-order valence-electron chi connectivity index (χ2n) is 6.06. The van der Waals surface area contributed by atoms with Crippen LogP contribution in [-0.4, -0.2) is 24.4 Å². The number of anilines is 1. The van der Waals surface area contributed by atoms with Crippen LogP contribution in [0.25, 0.3) is 0 Å². The predicted octanol–water partition coefficient (Wildman–Crippen LogP) is 3.36. The zero-order valence-electron chi connectivity index (χ0n) is 13.8. The zero-order chi connectivity index (χ0) is 16.8. The number of benzene rings is 1. The normalized spacial score (nSPS) is 20.0. The van der Waals surface area contributed by atoms with Crippen LogP contribution in [0.1, 0.15) is 49.4 Å². The highest BCUT2D eigenvalue weighted by molar-refractivity contribution is 6.31. The van der Waals surface area contributed by atoms with E-state index in [9.17, 15) is 9.59 Å². The van der Waals surface area contributed by atoms with Crippen LogP contribution in [0.15, 0.2) is 18.2 Å². The van der Waals surface area contributed by atoms with Crippen LogP contribution in [0.4, 0.5) is 5.69 Å². The van der Waals surface area contributed by atoms with E-state index in [1.165, 1.54) is 0 Å². The Hall–Kier alpha value is -1.30. The summed E-state index contributed by atoms with van der Waals surface area (Å²) in [7, 11) is 0. The molecule has 0 aliphatic heterocycles. The Balaban J connectivity index is 0.00000288. The molecule has 1 aliphatic rings. The SMILES string of the molecule is CCCNC(=O)c1ccc(Cl)cc1NC(=O)C1CCCC(N)C1.Cl. The molecule has 1 fully saturated rings. The second kappa shape index (κ2) is 9.87. The van der Waals surface area contributed by atoms with Crippen LogP contribution in [0.3, 0.4) is 0 Å². The number of hydrogen-bond acceptors (Lipinski definition) is 3. The maximum Gasteiger partial charge on any atom is 0.253 e. The molecule has 1 aromatic rings. The fourth-order valence-corrected chi connectivity index (χ4v) is 3.02. The molecule has 0 heterocycles. The van der Waals surface area contributed by atoms with Gasteiger partial charge in [-0.05, 0) is 43.9 Å². The van der Waals surface area contributed by atoms with Gasteiger partial charge in [0.2, 0.25) is 5.91 Å². The van der Waals surface area contributed by atoms with Crippen molar-refractivity contribution in [3.63, 3.8) is 0 Å². The third-order valence-electron chi connectivity index (χ3n) is 4.11.